The highest BCUT2D eigenvalue weighted by atomic mass is 19.1. The van der Waals surface area contributed by atoms with Crippen LogP contribution in [-0.2, 0) is 6.42 Å². The lowest BCUT2D eigenvalue weighted by Crippen LogP contribution is -2.27. The molecule has 17 heavy (non-hydrogen) atoms. The van der Waals surface area contributed by atoms with Crippen LogP contribution >= 0.6 is 0 Å². The van der Waals surface area contributed by atoms with Crippen LogP contribution in [0.4, 0.5) is 8.78 Å². The van der Waals surface area contributed by atoms with Gasteiger partial charge in [0.05, 0.1) is 0 Å². The van der Waals surface area contributed by atoms with E-state index in [0.29, 0.717) is 6.04 Å². The van der Waals surface area contributed by atoms with Gasteiger partial charge in [-0.3, -0.25) is 0 Å². The maximum atomic E-state index is 13.0. The van der Waals surface area contributed by atoms with E-state index in [9.17, 15) is 8.78 Å². The molecule has 0 bridgehead atoms. The Morgan fingerprint density at radius 1 is 1.24 bits per heavy atom. The van der Waals surface area contributed by atoms with E-state index in [1.807, 2.05) is 7.05 Å². The average molecular weight is 239 g/mol. The summed E-state index contributed by atoms with van der Waals surface area (Å²) in [4.78, 5) is 0. The minimum absolute atomic E-state index is 0.479. The van der Waals surface area contributed by atoms with E-state index in [-0.39, 0.29) is 0 Å². The van der Waals surface area contributed by atoms with Gasteiger partial charge in [0.2, 0.25) is 0 Å². The van der Waals surface area contributed by atoms with Crippen molar-refractivity contribution >= 4 is 0 Å². The van der Waals surface area contributed by atoms with E-state index in [0.717, 1.165) is 36.8 Å². The number of benzene rings is 1. The summed E-state index contributed by atoms with van der Waals surface area (Å²) in [6.45, 7) is 0. The Kier molecular flexibility index (Phi) is 4.11. The van der Waals surface area contributed by atoms with Crippen LogP contribution < -0.4 is 5.32 Å². The van der Waals surface area contributed by atoms with E-state index >= 15 is 0 Å². The number of halogens is 2. The molecule has 1 unspecified atom stereocenters. The minimum Gasteiger partial charge on any atom is -0.317 e. The van der Waals surface area contributed by atoms with Crippen molar-refractivity contribution in [3.05, 3.63) is 35.4 Å². The van der Waals surface area contributed by atoms with E-state index in [1.54, 1.807) is 0 Å². The second-order valence-electron chi connectivity index (χ2n) is 4.90. The summed E-state index contributed by atoms with van der Waals surface area (Å²) in [7, 11) is 1.99. The van der Waals surface area contributed by atoms with Gasteiger partial charge < -0.3 is 5.32 Å². The molecule has 0 aliphatic heterocycles. The van der Waals surface area contributed by atoms with Crippen LogP contribution in [0.1, 0.15) is 31.2 Å². The Balaban J connectivity index is 1.80. The molecule has 1 aliphatic carbocycles. The van der Waals surface area contributed by atoms with Gasteiger partial charge in [-0.2, -0.15) is 0 Å². The van der Waals surface area contributed by atoms with Crippen LogP contribution in [0.25, 0.3) is 0 Å². The Labute approximate surface area is 101 Å². The standard InChI is InChI=1S/C14H19F2N/c1-17-14(11-5-6-11)4-2-3-10-7-12(15)9-13(16)8-10/h7-9,11,14,17H,2-6H2,1H3. The largest absolute Gasteiger partial charge is 0.317 e. The van der Waals surface area contributed by atoms with Crippen molar-refractivity contribution in [2.24, 2.45) is 5.92 Å². The van der Waals surface area contributed by atoms with Gasteiger partial charge in [0, 0.05) is 12.1 Å². The summed E-state index contributed by atoms with van der Waals surface area (Å²) in [5.41, 5.74) is 0.758. The Hall–Kier alpha value is -0.960. The highest BCUT2D eigenvalue weighted by molar-refractivity contribution is 5.17. The van der Waals surface area contributed by atoms with Crippen molar-refractivity contribution in [2.45, 2.75) is 38.1 Å². The maximum absolute atomic E-state index is 13.0. The molecule has 1 nitrogen and oxygen atoms in total. The second kappa shape index (κ2) is 5.58. The lowest BCUT2D eigenvalue weighted by atomic mass is 10.0. The fourth-order valence-electron chi connectivity index (χ4n) is 2.40. The van der Waals surface area contributed by atoms with Gasteiger partial charge in [-0.15, -0.1) is 0 Å². The smallest absolute Gasteiger partial charge is 0.126 e. The summed E-state index contributed by atoms with van der Waals surface area (Å²) in [6.07, 6.45) is 5.45. The SMILES string of the molecule is CNC(CCCc1cc(F)cc(F)c1)C1CC1. The molecular formula is C14H19F2N. The monoisotopic (exact) mass is 239 g/mol. The molecule has 1 fully saturated rings. The third kappa shape index (κ3) is 3.77. The Bertz CT molecular complexity index is 354. The minimum atomic E-state index is -0.479. The van der Waals surface area contributed by atoms with E-state index in [4.69, 9.17) is 0 Å². The van der Waals surface area contributed by atoms with Gasteiger partial charge >= 0.3 is 0 Å². The fraction of sp³-hybridized carbons (Fsp3) is 0.571. The van der Waals surface area contributed by atoms with Crippen LogP contribution in [0.15, 0.2) is 18.2 Å². The molecule has 0 spiro atoms. The van der Waals surface area contributed by atoms with E-state index < -0.39 is 11.6 Å². The third-order valence-corrected chi connectivity index (χ3v) is 3.46. The number of aryl methyl sites for hydroxylation is 1. The fourth-order valence-corrected chi connectivity index (χ4v) is 2.40. The molecule has 0 heterocycles. The van der Waals surface area contributed by atoms with E-state index in [2.05, 4.69) is 5.32 Å². The van der Waals surface area contributed by atoms with Crippen molar-refractivity contribution in [1.82, 2.24) is 5.32 Å². The molecular weight excluding hydrogens is 220 g/mol. The molecule has 94 valence electrons. The Morgan fingerprint density at radius 2 is 1.88 bits per heavy atom. The highest BCUT2D eigenvalue weighted by Crippen LogP contribution is 2.34. The number of hydrogen-bond donors (Lipinski definition) is 1. The van der Waals surface area contributed by atoms with Crippen LogP contribution in [0, 0.1) is 17.6 Å². The first-order chi connectivity index (χ1) is 8.19. The normalized spacial score (nSPS) is 17.1. The lowest BCUT2D eigenvalue weighted by molar-refractivity contribution is 0.456. The molecule has 0 saturated heterocycles. The summed E-state index contributed by atoms with van der Waals surface area (Å²) in [6, 6.07) is 4.35. The highest BCUT2D eigenvalue weighted by Gasteiger charge is 2.29. The maximum Gasteiger partial charge on any atom is 0.126 e. The van der Waals surface area contributed by atoms with Crippen molar-refractivity contribution < 1.29 is 8.78 Å². The third-order valence-electron chi connectivity index (χ3n) is 3.46. The average Bonchev–Trinajstić information content (AvgIpc) is 3.07. The zero-order chi connectivity index (χ0) is 12.3. The zero-order valence-corrected chi connectivity index (χ0v) is 10.2. The van der Waals surface area contributed by atoms with Crippen molar-refractivity contribution in [3.8, 4) is 0 Å². The van der Waals surface area contributed by atoms with Crippen LogP contribution in [0.5, 0.6) is 0 Å². The molecule has 0 radical (unpaired) electrons. The molecule has 1 aromatic carbocycles. The summed E-state index contributed by atoms with van der Waals surface area (Å²) in [5, 5.41) is 3.32. The summed E-state index contributed by atoms with van der Waals surface area (Å²) >= 11 is 0. The van der Waals surface area contributed by atoms with Crippen LogP contribution in [0.2, 0.25) is 0 Å². The van der Waals surface area contributed by atoms with Gasteiger partial charge in [-0.05, 0) is 62.8 Å². The predicted octanol–water partition coefficient (Wildman–Crippen LogP) is 3.29. The predicted molar refractivity (Wildman–Crippen MR) is 64.9 cm³/mol. The molecule has 1 N–H and O–H groups in total. The molecule has 2 rings (SSSR count). The number of nitrogens with one attached hydrogen (secondary N) is 1. The van der Waals surface area contributed by atoms with Gasteiger partial charge in [-0.25, -0.2) is 8.78 Å². The van der Waals surface area contributed by atoms with Gasteiger partial charge in [0.25, 0.3) is 0 Å². The molecule has 1 atom stereocenters. The van der Waals surface area contributed by atoms with Gasteiger partial charge in [0.15, 0.2) is 0 Å². The summed E-state index contributed by atoms with van der Waals surface area (Å²) < 4.78 is 25.9. The van der Waals surface area contributed by atoms with Gasteiger partial charge in [-0.1, -0.05) is 0 Å². The number of hydrogen-bond acceptors (Lipinski definition) is 1. The second-order valence-corrected chi connectivity index (χ2v) is 4.90. The summed E-state index contributed by atoms with van der Waals surface area (Å²) in [5.74, 6) is -0.135. The Morgan fingerprint density at radius 3 is 2.41 bits per heavy atom. The molecule has 0 aromatic heterocycles. The zero-order valence-electron chi connectivity index (χ0n) is 10.2. The first-order valence-corrected chi connectivity index (χ1v) is 6.31. The molecule has 3 heteroatoms. The number of rotatable bonds is 6. The molecule has 1 aliphatic rings. The topological polar surface area (TPSA) is 12.0 Å². The first-order valence-electron chi connectivity index (χ1n) is 6.31. The molecule has 1 saturated carbocycles. The molecule has 0 amide bonds. The van der Waals surface area contributed by atoms with E-state index in [1.165, 1.54) is 25.0 Å². The van der Waals surface area contributed by atoms with Crippen LogP contribution in [0.3, 0.4) is 0 Å². The van der Waals surface area contributed by atoms with Crippen LogP contribution in [-0.4, -0.2) is 13.1 Å². The van der Waals surface area contributed by atoms with Crippen molar-refractivity contribution in [1.29, 1.82) is 0 Å². The van der Waals surface area contributed by atoms with Crippen molar-refractivity contribution in [2.75, 3.05) is 7.05 Å². The lowest BCUT2D eigenvalue weighted by Gasteiger charge is -2.14. The van der Waals surface area contributed by atoms with Crippen molar-refractivity contribution in [3.63, 3.8) is 0 Å². The van der Waals surface area contributed by atoms with Gasteiger partial charge in [0.1, 0.15) is 11.6 Å². The quantitative estimate of drug-likeness (QED) is 0.803. The first kappa shape index (κ1) is 12.5. The molecule has 1 aromatic rings.